The van der Waals surface area contributed by atoms with Gasteiger partial charge in [0.1, 0.15) is 0 Å². The number of halogens is 3. The summed E-state index contributed by atoms with van der Waals surface area (Å²) in [6.45, 7) is 0.329. The van der Waals surface area contributed by atoms with E-state index in [4.69, 9.17) is 34.8 Å². The minimum Gasteiger partial charge on any atom is -0.291 e. The van der Waals surface area contributed by atoms with Crippen LogP contribution in [0.1, 0.15) is 15.9 Å². The van der Waals surface area contributed by atoms with Gasteiger partial charge in [-0.3, -0.25) is 13.9 Å². The van der Waals surface area contributed by atoms with E-state index in [0.717, 1.165) is 17.5 Å². The Bertz CT molecular complexity index is 769. The minimum absolute atomic E-state index is 0.329. The second-order valence-electron chi connectivity index (χ2n) is 5.30. The molecule has 0 saturated carbocycles. The number of nitrogens with zero attached hydrogens (tertiary/aromatic N) is 1. The van der Waals surface area contributed by atoms with Gasteiger partial charge in [0.15, 0.2) is 15.4 Å². The molecular formula is C17H12Cl3NO2S. The number of ketones is 1. The molecule has 24 heavy (non-hydrogen) atoms. The largest absolute Gasteiger partial charge is 0.291 e. The van der Waals surface area contributed by atoms with Crippen molar-refractivity contribution in [2.45, 2.75) is 16.1 Å². The van der Waals surface area contributed by atoms with E-state index in [1.54, 1.807) is 24.3 Å². The lowest BCUT2D eigenvalue weighted by atomic mass is 10.1. The fourth-order valence-electron chi connectivity index (χ4n) is 2.35. The number of hydrogen-bond acceptors (Lipinski definition) is 3. The average Bonchev–Trinajstić information content (AvgIpc) is 2.81. The summed E-state index contributed by atoms with van der Waals surface area (Å²) in [7, 11) is 0. The van der Waals surface area contributed by atoms with Crippen LogP contribution in [0.15, 0.2) is 54.6 Å². The number of rotatable bonds is 4. The number of Topliss-reactive ketones (excluding diaryl/α,β-unsaturated/α-hetero) is 1. The molecule has 1 saturated heterocycles. The summed E-state index contributed by atoms with van der Waals surface area (Å²) in [6, 6.07) is 15.8. The van der Waals surface area contributed by atoms with Crippen LogP contribution in [0.2, 0.25) is 5.02 Å². The molecule has 3 rings (SSSR count). The topological polar surface area (TPSA) is 37.4 Å². The summed E-state index contributed by atoms with van der Waals surface area (Å²) in [4.78, 5) is 25.2. The van der Waals surface area contributed by atoms with Crippen molar-refractivity contribution in [2.24, 2.45) is 0 Å². The maximum Gasteiger partial charge on any atom is 0.254 e. The number of alkyl halides is 2. The maximum atomic E-state index is 12.8. The van der Waals surface area contributed by atoms with E-state index in [9.17, 15) is 9.59 Å². The molecular weight excluding hydrogens is 389 g/mol. The predicted octanol–water partition coefficient (Wildman–Crippen LogP) is 4.76. The van der Waals surface area contributed by atoms with Crippen molar-refractivity contribution in [1.29, 1.82) is 0 Å². The van der Waals surface area contributed by atoms with Gasteiger partial charge >= 0.3 is 0 Å². The highest BCUT2D eigenvalue weighted by atomic mass is 35.5. The molecule has 1 amide bonds. The minimum atomic E-state index is -1.57. The van der Waals surface area contributed by atoms with Crippen LogP contribution in [0.4, 0.5) is 0 Å². The molecule has 0 N–H and O–H groups in total. The Hall–Kier alpha value is -1.20. The van der Waals surface area contributed by atoms with Gasteiger partial charge in [-0.15, -0.1) is 11.6 Å². The van der Waals surface area contributed by atoms with Crippen molar-refractivity contribution in [3.63, 3.8) is 0 Å². The van der Waals surface area contributed by atoms with Crippen LogP contribution in [0.5, 0.6) is 0 Å². The van der Waals surface area contributed by atoms with Gasteiger partial charge in [-0.05, 0) is 41.8 Å². The molecule has 1 heterocycles. The lowest BCUT2D eigenvalue weighted by molar-refractivity contribution is -0.125. The Balaban J connectivity index is 1.84. The van der Waals surface area contributed by atoms with Gasteiger partial charge in [0.2, 0.25) is 0 Å². The Morgan fingerprint density at radius 1 is 1.12 bits per heavy atom. The van der Waals surface area contributed by atoms with Crippen LogP contribution in [0.25, 0.3) is 0 Å². The third kappa shape index (κ3) is 3.29. The van der Waals surface area contributed by atoms with E-state index in [2.05, 4.69) is 0 Å². The van der Waals surface area contributed by atoms with Crippen LogP contribution in [-0.4, -0.2) is 25.6 Å². The first kappa shape index (κ1) is 17.6. The van der Waals surface area contributed by atoms with E-state index in [1.165, 1.54) is 4.31 Å². The maximum absolute atomic E-state index is 12.8. The standard InChI is InChI=1S/C17H12Cl3NO2S/c18-13-8-6-12(7-9-13)15(22)17(20)14(19)16(23)21(24-17)10-11-4-2-1-3-5-11/h1-9,14H,10H2. The van der Waals surface area contributed by atoms with Crippen LogP contribution >= 0.6 is 46.8 Å². The zero-order chi connectivity index (χ0) is 17.3. The first-order valence-electron chi connectivity index (χ1n) is 7.09. The smallest absolute Gasteiger partial charge is 0.254 e. The third-order valence-electron chi connectivity index (χ3n) is 3.62. The van der Waals surface area contributed by atoms with Crippen LogP contribution in [0, 0.1) is 0 Å². The highest BCUT2D eigenvalue weighted by molar-refractivity contribution is 8.01. The van der Waals surface area contributed by atoms with Crippen molar-refractivity contribution < 1.29 is 9.59 Å². The summed E-state index contributed by atoms with van der Waals surface area (Å²) in [5.74, 6) is -0.780. The average molecular weight is 401 g/mol. The molecule has 124 valence electrons. The molecule has 1 aliphatic rings. The highest BCUT2D eigenvalue weighted by Crippen LogP contribution is 2.49. The highest BCUT2D eigenvalue weighted by Gasteiger charge is 2.57. The first-order valence-corrected chi connectivity index (χ1v) is 9.06. The summed E-state index contributed by atoms with van der Waals surface area (Å²) in [5, 5.41) is -0.630. The van der Waals surface area contributed by atoms with Gasteiger partial charge in [0.25, 0.3) is 5.91 Å². The van der Waals surface area contributed by atoms with Crippen LogP contribution < -0.4 is 0 Å². The molecule has 0 bridgehead atoms. The zero-order valence-corrected chi connectivity index (χ0v) is 15.4. The van der Waals surface area contributed by atoms with Crippen molar-refractivity contribution in [1.82, 2.24) is 4.31 Å². The van der Waals surface area contributed by atoms with Crippen molar-refractivity contribution >= 4 is 58.4 Å². The number of amides is 1. The SMILES string of the molecule is O=C1C(Cl)C(Cl)(C(=O)c2ccc(Cl)cc2)SN1Cc1ccccc1. The Kier molecular flexibility index (Phi) is 5.11. The summed E-state index contributed by atoms with van der Waals surface area (Å²) >= 11 is 19.5. The number of hydrogen-bond donors (Lipinski definition) is 0. The van der Waals surface area contributed by atoms with Gasteiger partial charge in [-0.1, -0.05) is 53.5 Å². The number of benzene rings is 2. The lowest BCUT2D eigenvalue weighted by Crippen LogP contribution is -2.37. The van der Waals surface area contributed by atoms with E-state index >= 15 is 0 Å². The van der Waals surface area contributed by atoms with Crippen molar-refractivity contribution in [2.75, 3.05) is 0 Å². The third-order valence-corrected chi connectivity index (χ3v) is 6.44. The van der Waals surface area contributed by atoms with Gasteiger partial charge in [0.05, 0.1) is 6.54 Å². The molecule has 2 atom stereocenters. The lowest BCUT2D eigenvalue weighted by Gasteiger charge is -2.21. The van der Waals surface area contributed by atoms with E-state index < -0.39 is 15.4 Å². The Labute approximate surface area is 159 Å². The summed E-state index contributed by atoms with van der Waals surface area (Å²) in [5.41, 5.74) is 1.30. The normalized spacial score (nSPS) is 23.5. The van der Waals surface area contributed by atoms with Crippen molar-refractivity contribution in [3.05, 3.63) is 70.7 Å². The van der Waals surface area contributed by atoms with Crippen molar-refractivity contribution in [3.8, 4) is 0 Å². The first-order chi connectivity index (χ1) is 11.4. The summed E-state index contributed by atoms with van der Waals surface area (Å²) < 4.78 is -0.130. The van der Waals surface area contributed by atoms with E-state index in [0.29, 0.717) is 17.1 Å². The quantitative estimate of drug-likeness (QED) is 0.422. The monoisotopic (exact) mass is 399 g/mol. The second-order valence-corrected chi connectivity index (χ2v) is 8.26. The molecule has 2 aromatic carbocycles. The molecule has 7 heteroatoms. The molecule has 0 aliphatic carbocycles. The summed E-state index contributed by atoms with van der Waals surface area (Å²) in [6.07, 6.45) is 0. The molecule has 2 unspecified atom stereocenters. The van der Waals surface area contributed by atoms with Gasteiger partial charge < -0.3 is 0 Å². The second kappa shape index (κ2) is 6.96. The number of carbonyl (C=O) groups is 2. The Morgan fingerprint density at radius 2 is 1.75 bits per heavy atom. The van der Waals surface area contributed by atoms with Crippen LogP contribution in [0.3, 0.4) is 0 Å². The molecule has 0 spiro atoms. The molecule has 3 nitrogen and oxygen atoms in total. The van der Waals surface area contributed by atoms with Gasteiger partial charge in [-0.25, -0.2) is 0 Å². The van der Waals surface area contributed by atoms with Gasteiger partial charge in [0, 0.05) is 10.6 Å². The number of carbonyl (C=O) groups excluding carboxylic acids is 2. The fourth-order valence-corrected chi connectivity index (χ4v) is 4.45. The Morgan fingerprint density at radius 3 is 2.38 bits per heavy atom. The van der Waals surface area contributed by atoms with Crippen LogP contribution in [-0.2, 0) is 11.3 Å². The zero-order valence-electron chi connectivity index (χ0n) is 12.3. The molecule has 0 radical (unpaired) electrons. The molecule has 2 aromatic rings. The predicted molar refractivity (Wildman–Crippen MR) is 98.6 cm³/mol. The molecule has 1 aliphatic heterocycles. The van der Waals surface area contributed by atoms with E-state index in [-0.39, 0.29) is 5.91 Å². The van der Waals surface area contributed by atoms with E-state index in [1.807, 2.05) is 30.3 Å². The fraction of sp³-hybridized carbons (Fsp3) is 0.176. The van der Waals surface area contributed by atoms with Gasteiger partial charge in [-0.2, -0.15) is 0 Å². The molecule has 1 fully saturated rings. The molecule has 0 aromatic heterocycles.